The fraction of sp³-hybridized carbons (Fsp3) is 0.200. The topological polar surface area (TPSA) is 85.6 Å². The van der Waals surface area contributed by atoms with Crippen molar-refractivity contribution < 1.29 is 26.3 Å². The first-order valence-electron chi connectivity index (χ1n) is 7.39. The summed E-state index contributed by atoms with van der Waals surface area (Å²) in [5, 5.41) is 7.90. The van der Waals surface area contributed by atoms with Crippen LogP contribution in [0.2, 0.25) is 0 Å². The van der Waals surface area contributed by atoms with Gasteiger partial charge < -0.3 is 4.74 Å². The average molecular weight is 386 g/mol. The van der Waals surface area contributed by atoms with E-state index in [1.165, 1.54) is 12.1 Å². The minimum Gasteiger partial charge on any atom is -0.404 e. The molecule has 1 N–H and O–H groups in total. The predicted molar refractivity (Wildman–Crippen MR) is 85.0 cm³/mol. The zero-order valence-corrected chi connectivity index (χ0v) is 14.0. The molecule has 0 fully saturated rings. The third kappa shape index (κ3) is 4.11. The number of pyridine rings is 1. The molecule has 0 atom stereocenters. The van der Waals surface area contributed by atoms with Crippen molar-refractivity contribution >= 4 is 15.7 Å². The molecule has 2 heterocycles. The molecule has 3 rings (SSSR count). The first-order valence-corrected chi connectivity index (χ1v) is 8.88. The van der Waals surface area contributed by atoms with Gasteiger partial charge >= 0.3 is 6.36 Å². The lowest BCUT2D eigenvalue weighted by atomic mass is 10.3. The lowest BCUT2D eigenvalue weighted by Gasteiger charge is -2.13. The van der Waals surface area contributed by atoms with Gasteiger partial charge in [0.15, 0.2) is 5.65 Å². The molecule has 2 aromatic heterocycles. The Morgan fingerprint density at radius 1 is 1.08 bits per heavy atom. The molecule has 138 valence electrons. The number of alkyl halides is 3. The molecule has 0 amide bonds. The summed E-state index contributed by atoms with van der Waals surface area (Å²) in [6.07, 6.45) is -3.07. The second-order valence-electron chi connectivity index (χ2n) is 5.19. The van der Waals surface area contributed by atoms with Crippen LogP contribution >= 0.6 is 0 Å². The molecule has 0 bridgehead atoms. The normalized spacial score (nSPS) is 12.4. The quantitative estimate of drug-likeness (QED) is 0.702. The van der Waals surface area contributed by atoms with Gasteiger partial charge in [-0.05, 0) is 24.3 Å². The van der Waals surface area contributed by atoms with Crippen LogP contribution in [0, 0.1) is 0 Å². The van der Waals surface area contributed by atoms with E-state index in [4.69, 9.17) is 0 Å². The van der Waals surface area contributed by atoms with E-state index in [9.17, 15) is 21.6 Å². The Morgan fingerprint density at radius 2 is 1.81 bits per heavy atom. The van der Waals surface area contributed by atoms with Gasteiger partial charge in [-0.15, -0.1) is 23.4 Å². The molecule has 0 spiro atoms. The van der Waals surface area contributed by atoms with Crippen LogP contribution < -0.4 is 9.46 Å². The molecule has 0 saturated carbocycles. The standard InChI is InChI=1S/C15H13F3N4O3S/c16-15(17,18)25-11-5-1-2-6-12(11)26(23,24)19-9-8-14-21-20-13-7-3-4-10-22(13)14/h1-7,10,19H,8-9H2. The fourth-order valence-corrected chi connectivity index (χ4v) is 3.48. The summed E-state index contributed by atoms with van der Waals surface area (Å²) in [6, 6.07) is 9.84. The van der Waals surface area contributed by atoms with Crippen molar-refractivity contribution in [2.24, 2.45) is 0 Å². The van der Waals surface area contributed by atoms with Crippen LogP contribution in [-0.2, 0) is 16.4 Å². The summed E-state index contributed by atoms with van der Waals surface area (Å²) in [7, 11) is -4.20. The van der Waals surface area contributed by atoms with E-state index >= 15 is 0 Å². The molecule has 1 aromatic carbocycles. The van der Waals surface area contributed by atoms with E-state index in [0.29, 0.717) is 11.5 Å². The maximum Gasteiger partial charge on any atom is 0.573 e. The van der Waals surface area contributed by atoms with E-state index in [1.807, 2.05) is 0 Å². The highest BCUT2D eigenvalue weighted by Crippen LogP contribution is 2.29. The van der Waals surface area contributed by atoms with E-state index in [2.05, 4.69) is 19.7 Å². The van der Waals surface area contributed by atoms with Crippen LogP contribution in [0.4, 0.5) is 13.2 Å². The number of hydrogen-bond donors (Lipinski definition) is 1. The number of sulfonamides is 1. The van der Waals surface area contributed by atoms with E-state index in [0.717, 1.165) is 12.1 Å². The monoisotopic (exact) mass is 386 g/mol. The minimum atomic E-state index is -4.99. The van der Waals surface area contributed by atoms with Crippen molar-refractivity contribution in [3.63, 3.8) is 0 Å². The van der Waals surface area contributed by atoms with Gasteiger partial charge in [-0.2, -0.15) is 0 Å². The van der Waals surface area contributed by atoms with Crippen LogP contribution in [0.3, 0.4) is 0 Å². The van der Waals surface area contributed by atoms with Crippen molar-refractivity contribution in [3.8, 4) is 5.75 Å². The molecule has 0 saturated heterocycles. The van der Waals surface area contributed by atoms with Crippen molar-refractivity contribution in [1.29, 1.82) is 0 Å². The second kappa shape index (κ2) is 6.92. The van der Waals surface area contributed by atoms with Crippen LogP contribution in [0.25, 0.3) is 5.65 Å². The van der Waals surface area contributed by atoms with Crippen molar-refractivity contribution in [2.45, 2.75) is 17.7 Å². The number of ether oxygens (including phenoxy) is 1. The Hall–Kier alpha value is -2.66. The molecule has 0 aliphatic heterocycles. The molecule has 26 heavy (non-hydrogen) atoms. The van der Waals surface area contributed by atoms with Gasteiger partial charge in [0.1, 0.15) is 16.5 Å². The molecule has 11 heteroatoms. The highest BCUT2D eigenvalue weighted by atomic mass is 32.2. The number of halogens is 3. The molecule has 0 aliphatic carbocycles. The molecule has 0 aliphatic rings. The number of fused-ring (bicyclic) bond motifs is 1. The Labute approximate surface area is 146 Å². The maximum atomic E-state index is 12.4. The summed E-state index contributed by atoms with van der Waals surface area (Å²) < 4.78 is 69.7. The maximum absolute atomic E-state index is 12.4. The zero-order chi connectivity index (χ0) is 18.8. The highest BCUT2D eigenvalue weighted by molar-refractivity contribution is 7.89. The first-order chi connectivity index (χ1) is 12.3. The van der Waals surface area contributed by atoms with E-state index in [1.54, 1.807) is 28.8 Å². The van der Waals surface area contributed by atoms with Crippen LogP contribution in [-0.4, -0.2) is 35.9 Å². The number of benzene rings is 1. The minimum absolute atomic E-state index is 0.0711. The van der Waals surface area contributed by atoms with Crippen molar-refractivity contribution in [2.75, 3.05) is 6.54 Å². The van der Waals surface area contributed by atoms with E-state index < -0.39 is 27.0 Å². The smallest absolute Gasteiger partial charge is 0.404 e. The Morgan fingerprint density at radius 3 is 2.58 bits per heavy atom. The molecule has 3 aromatic rings. The van der Waals surface area contributed by atoms with Gasteiger partial charge in [-0.1, -0.05) is 18.2 Å². The third-order valence-electron chi connectivity index (χ3n) is 3.39. The average Bonchev–Trinajstić information content (AvgIpc) is 2.97. The van der Waals surface area contributed by atoms with Gasteiger partial charge in [0.2, 0.25) is 10.0 Å². The number of aromatic nitrogens is 3. The molecular formula is C15H13F3N4O3S. The largest absolute Gasteiger partial charge is 0.573 e. The Balaban J connectivity index is 1.74. The zero-order valence-electron chi connectivity index (χ0n) is 13.1. The fourth-order valence-electron chi connectivity index (χ4n) is 2.32. The summed E-state index contributed by atoms with van der Waals surface area (Å²) in [5.74, 6) is -0.274. The van der Waals surface area contributed by atoms with Gasteiger partial charge in [0, 0.05) is 19.2 Å². The number of rotatable bonds is 6. The van der Waals surface area contributed by atoms with Crippen LogP contribution in [0.15, 0.2) is 53.6 Å². The highest BCUT2D eigenvalue weighted by Gasteiger charge is 2.33. The molecule has 0 unspecified atom stereocenters. The Bertz CT molecular complexity index is 1020. The van der Waals surface area contributed by atoms with Crippen molar-refractivity contribution in [1.82, 2.24) is 19.3 Å². The third-order valence-corrected chi connectivity index (χ3v) is 4.89. The lowest BCUT2D eigenvalue weighted by molar-refractivity contribution is -0.275. The first kappa shape index (κ1) is 18.1. The number of para-hydroxylation sites is 1. The molecular weight excluding hydrogens is 373 g/mol. The summed E-state index contributed by atoms with van der Waals surface area (Å²) in [6.45, 7) is -0.0711. The van der Waals surface area contributed by atoms with Crippen LogP contribution in [0.1, 0.15) is 5.82 Å². The number of nitrogens with zero attached hydrogens (tertiary/aromatic N) is 3. The molecule has 7 nitrogen and oxygen atoms in total. The molecule has 0 radical (unpaired) electrons. The van der Waals surface area contributed by atoms with Gasteiger partial charge in [-0.25, -0.2) is 13.1 Å². The Kier molecular flexibility index (Phi) is 4.83. The predicted octanol–water partition coefficient (Wildman–Crippen LogP) is 2.15. The second-order valence-corrected chi connectivity index (χ2v) is 6.92. The number of hydrogen-bond acceptors (Lipinski definition) is 5. The SMILES string of the molecule is O=S(=O)(NCCc1nnc2ccccn12)c1ccccc1OC(F)(F)F. The van der Waals surface area contributed by atoms with Crippen molar-refractivity contribution in [3.05, 3.63) is 54.5 Å². The van der Waals surface area contributed by atoms with Gasteiger partial charge in [0.25, 0.3) is 0 Å². The summed E-state index contributed by atoms with van der Waals surface area (Å²) >= 11 is 0. The van der Waals surface area contributed by atoms with Gasteiger partial charge in [-0.3, -0.25) is 4.40 Å². The van der Waals surface area contributed by atoms with Crippen LogP contribution in [0.5, 0.6) is 5.75 Å². The lowest BCUT2D eigenvalue weighted by Crippen LogP contribution is -2.28. The summed E-state index contributed by atoms with van der Waals surface area (Å²) in [5.41, 5.74) is 0.606. The summed E-state index contributed by atoms with van der Waals surface area (Å²) in [4.78, 5) is -0.594. The van der Waals surface area contributed by atoms with E-state index in [-0.39, 0.29) is 13.0 Å². The number of nitrogens with one attached hydrogen (secondary N) is 1. The van der Waals surface area contributed by atoms with Gasteiger partial charge in [0.05, 0.1) is 0 Å².